The summed E-state index contributed by atoms with van der Waals surface area (Å²) in [7, 11) is 0. The molecule has 1 unspecified atom stereocenters. The van der Waals surface area contributed by atoms with Crippen LogP contribution in [-0.2, 0) is 5.72 Å². The molecule has 2 aromatic rings. The molecule has 2 heteroatoms. The van der Waals surface area contributed by atoms with Crippen LogP contribution >= 0.6 is 0 Å². The molecule has 0 bridgehead atoms. The highest BCUT2D eigenvalue weighted by Crippen LogP contribution is 2.49. The quantitative estimate of drug-likeness (QED) is 0.927. The molecule has 0 spiro atoms. The average Bonchev–Trinajstić information content (AvgIpc) is 3.33. The maximum Gasteiger partial charge on any atom is 0.192 e. The number of benzene rings is 2. The summed E-state index contributed by atoms with van der Waals surface area (Å²) >= 11 is 0. The maximum absolute atomic E-state index is 11.7. The molecule has 1 aliphatic heterocycles. The van der Waals surface area contributed by atoms with Crippen LogP contribution in [0.4, 0.5) is 0 Å². The lowest BCUT2D eigenvalue weighted by atomic mass is 9.93. The molecular weight excluding hydrogens is 270 g/mol. The molecule has 4 rings (SSSR count). The zero-order valence-corrected chi connectivity index (χ0v) is 12.9. The number of hydrogen-bond acceptors (Lipinski definition) is 2. The minimum absolute atomic E-state index is 0.683. The van der Waals surface area contributed by atoms with Crippen LogP contribution in [-0.4, -0.2) is 16.6 Å². The molecule has 0 aromatic heterocycles. The Balaban J connectivity index is 1.88. The lowest BCUT2D eigenvalue weighted by molar-refractivity contribution is -0.0373. The first kappa shape index (κ1) is 13.6. The van der Waals surface area contributed by atoms with E-state index in [-0.39, 0.29) is 0 Å². The standard InChI is InChI=1S/C20H21NO/c1-14-7-11-17(12-8-14)20(22)19-6-4-3-5-18(19)15(2)21(20)13-16-9-10-16/h3-8,11-12,16,22H,2,9-10,13H2,1H3. The van der Waals surface area contributed by atoms with E-state index in [0.717, 1.165) is 28.9 Å². The van der Waals surface area contributed by atoms with E-state index in [2.05, 4.69) is 36.6 Å². The van der Waals surface area contributed by atoms with Crippen molar-refractivity contribution >= 4 is 5.70 Å². The fourth-order valence-corrected chi connectivity index (χ4v) is 3.42. The summed E-state index contributed by atoms with van der Waals surface area (Å²) in [5.41, 5.74) is 3.97. The largest absolute Gasteiger partial charge is 0.363 e. The second kappa shape index (κ2) is 4.72. The Morgan fingerprint density at radius 2 is 1.82 bits per heavy atom. The first-order valence-corrected chi connectivity index (χ1v) is 7.96. The Morgan fingerprint density at radius 3 is 2.50 bits per heavy atom. The van der Waals surface area contributed by atoms with Crippen LogP contribution in [0.3, 0.4) is 0 Å². The van der Waals surface area contributed by atoms with Gasteiger partial charge >= 0.3 is 0 Å². The zero-order valence-electron chi connectivity index (χ0n) is 12.9. The summed E-state index contributed by atoms with van der Waals surface area (Å²) in [5.74, 6) is 0.683. The van der Waals surface area contributed by atoms with E-state index in [1.165, 1.54) is 18.4 Å². The predicted molar refractivity (Wildman–Crippen MR) is 89.1 cm³/mol. The summed E-state index contributed by atoms with van der Waals surface area (Å²) in [6.45, 7) is 7.20. The van der Waals surface area contributed by atoms with E-state index in [9.17, 15) is 5.11 Å². The van der Waals surface area contributed by atoms with E-state index in [1.807, 2.05) is 30.3 Å². The minimum atomic E-state index is -1.09. The lowest BCUT2D eigenvalue weighted by Crippen LogP contribution is -2.42. The summed E-state index contributed by atoms with van der Waals surface area (Å²) in [6.07, 6.45) is 2.51. The predicted octanol–water partition coefficient (Wildman–Crippen LogP) is 3.88. The zero-order chi connectivity index (χ0) is 15.3. The van der Waals surface area contributed by atoms with Crippen LogP contribution in [0.15, 0.2) is 55.1 Å². The highest BCUT2D eigenvalue weighted by molar-refractivity contribution is 5.73. The molecule has 0 radical (unpaired) electrons. The van der Waals surface area contributed by atoms with Gasteiger partial charge in [0.25, 0.3) is 0 Å². The third-order valence-electron chi connectivity index (χ3n) is 4.92. The average molecular weight is 291 g/mol. The van der Waals surface area contributed by atoms with Crippen molar-refractivity contribution in [2.75, 3.05) is 6.54 Å². The third kappa shape index (κ3) is 1.91. The van der Waals surface area contributed by atoms with Crippen molar-refractivity contribution in [1.29, 1.82) is 0 Å². The Bertz CT molecular complexity index is 730. The number of aryl methyl sites for hydroxylation is 1. The van der Waals surface area contributed by atoms with Gasteiger partial charge in [-0.15, -0.1) is 0 Å². The van der Waals surface area contributed by atoms with Crippen molar-refractivity contribution in [1.82, 2.24) is 4.90 Å². The molecule has 1 fully saturated rings. The van der Waals surface area contributed by atoms with Gasteiger partial charge < -0.3 is 10.0 Å². The van der Waals surface area contributed by atoms with Gasteiger partial charge in [-0.2, -0.15) is 0 Å². The molecule has 2 aromatic carbocycles. The molecule has 1 atom stereocenters. The Hall–Kier alpha value is -2.06. The van der Waals surface area contributed by atoms with Crippen molar-refractivity contribution < 1.29 is 5.11 Å². The summed E-state index contributed by atoms with van der Waals surface area (Å²) in [6, 6.07) is 16.3. The van der Waals surface area contributed by atoms with Gasteiger partial charge in [-0.25, -0.2) is 0 Å². The van der Waals surface area contributed by atoms with Gasteiger partial charge in [-0.1, -0.05) is 60.7 Å². The van der Waals surface area contributed by atoms with Gasteiger partial charge in [0.1, 0.15) is 0 Å². The molecule has 0 amide bonds. The minimum Gasteiger partial charge on any atom is -0.363 e. The first-order chi connectivity index (χ1) is 10.6. The molecule has 1 saturated carbocycles. The number of nitrogens with zero attached hydrogens (tertiary/aromatic N) is 1. The Labute approximate surface area is 131 Å². The van der Waals surface area contributed by atoms with Crippen LogP contribution in [0.1, 0.15) is 35.1 Å². The molecule has 2 nitrogen and oxygen atoms in total. The molecule has 1 heterocycles. The molecule has 0 saturated heterocycles. The van der Waals surface area contributed by atoms with E-state index in [0.29, 0.717) is 5.92 Å². The van der Waals surface area contributed by atoms with E-state index in [1.54, 1.807) is 0 Å². The molecule has 22 heavy (non-hydrogen) atoms. The monoisotopic (exact) mass is 291 g/mol. The van der Waals surface area contributed by atoms with E-state index >= 15 is 0 Å². The topological polar surface area (TPSA) is 23.5 Å². The second-order valence-corrected chi connectivity index (χ2v) is 6.58. The van der Waals surface area contributed by atoms with Gasteiger partial charge in [-0.05, 0) is 25.7 Å². The van der Waals surface area contributed by atoms with E-state index < -0.39 is 5.72 Å². The van der Waals surface area contributed by atoms with Crippen LogP contribution in [0, 0.1) is 12.8 Å². The van der Waals surface area contributed by atoms with Crippen molar-refractivity contribution in [3.8, 4) is 0 Å². The van der Waals surface area contributed by atoms with Gasteiger partial charge in [-0.3, -0.25) is 0 Å². The van der Waals surface area contributed by atoms with Crippen LogP contribution in [0.25, 0.3) is 5.70 Å². The Kier molecular flexibility index (Phi) is 2.92. The summed E-state index contributed by atoms with van der Waals surface area (Å²) in [5, 5.41) is 11.7. The van der Waals surface area contributed by atoms with Crippen molar-refractivity contribution in [3.63, 3.8) is 0 Å². The van der Waals surface area contributed by atoms with Crippen molar-refractivity contribution in [2.24, 2.45) is 5.92 Å². The molecule has 2 aliphatic rings. The van der Waals surface area contributed by atoms with Gasteiger partial charge in [0.05, 0.1) is 0 Å². The fourth-order valence-electron chi connectivity index (χ4n) is 3.42. The van der Waals surface area contributed by atoms with Gasteiger partial charge in [0.15, 0.2) is 5.72 Å². The van der Waals surface area contributed by atoms with Gasteiger partial charge in [0.2, 0.25) is 0 Å². The second-order valence-electron chi connectivity index (χ2n) is 6.58. The van der Waals surface area contributed by atoms with Crippen molar-refractivity contribution in [2.45, 2.75) is 25.5 Å². The highest BCUT2D eigenvalue weighted by atomic mass is 16.3. The number of hydrogen-bond donors (Lipinski definition) is 1. The molecule has 1 aliphatic carbocycles. The lowest BCUT2D eigenvalue weighted by Gasteiger charge is -2.37. The molecular formula is C20H21NO. The molecule has 112 valence electrons. The van der Waals surface area contributed by atoms with Crippen LogP contribution in [0.5, 0.6) is 0 Å². The third-order valence-corrected chi connectivity index (χ3v) is 4.92. The number of aliphatic hydroxyl groups is 1. The number of fused-ring (bicyclic) bond motifs is 1. The van der Waals surface area contributed by atoms with Gasteiger partial charge in [0, 0.05) is 28.9 Å². The highest BCUT2D eigenvalue weighted by Gasteiger charge is 2.48. The normalized spacial score (nSPS) is 23.7. The SMILES string of the molecule is C=C1c2ccccc2C(O)(c2ccc(C)cc2)N1CC1CC1. The summed E-state index contributed by atoms with van der Waals surface area (Å²) < 4.78 is 0. The van der Waals surface area contributed by atoms with Crippen LogP contribution in [0.2, 0.25) is 0 Å². The van der Waals surface area contributed by atoms with Crippen molar-refractivity contribution in [3.05, 3.63) is 77.4 Å². The number of rotatable bonds is 3. The Morgan fingerprint density at radius 1 is 1.14 bits per heavy atom. The maximum atomic E-state index is 11.7. The van der Waals surface area contributed by atoms with Crippen LogP contribution < -0.4 is 0 Å². The first-order valence-electron chi connectivity index (χ1n) is 7.96. The van der Waals surface area contributed by atoms with E-state index in [4.69, 9.17) is 0 Å². The fraction of sp³-hybridized carbons (Fsp3) is 0.300. The summed E-state index contributed by atoms with van der Waals surface area (Å²) in [4.78, 5) is 2.10. The molecule has 1 N–H and O–H groups in total. The smallest absolute Gasteiger partial charge is 0.192 e.